The summed E-state index contributed by atoms with van der Waals surface area (Å²) in [7, 11) is 0. The zero-order valence-corrected chi connectivity index (χ0v) is 31.8. The van der Waals surface area contributed by atoms with E-state index in [0.717, 1.165) is 50.1 Å². The van der Waals surface area contributed by atoms with Crippen LogP contribution >= 0.6 is 11.3 Å². The van der Waals surface area contributed by atoms with E-state index in [1.54, 1.807) is 0 Å². The van der Waals surface area contributed by atoms with Crippen molar-refractivity contribution < 1.29 is 4.42 Å². The van der Waals surface area contributed by atoms with Crippen LogP contribution in [-0.2, 0) is 0 Å². The Bertz CT molecular complexity index is 3230. The highest BCUT2D eigenvalue weighted by Gasteiger charge is 2.23. The van der Waals surface area contributed by atoms with Crippen molar-refractivity contribution in [1.82, 2.24) is 0 Å². The third-order valence-corrected chi connectivity index (χ3v) is 12.2. The van der Waals surface area contributed by atoms with Gasteiger partial charge in [0.15, 0.2) is 0 Å². The summed E-state index contributed by atoms with van der Waals surface area (Å²) in [5.74, 6) is 0. The molecule has 2 nitrogen and oxygen atoms in total. The van der Waals surface area contributed by atoms with Crippen LogP contribution < -0.4 is 4.90 Å². The van der Waals surface area contributed by atoms with Gasteiger partial charge in [-0.2, -0.15) is 0 Å². The topological polar surface area (TPSA) is 16.4 Å². The maximum Gasteiger partial charge on any atom is 0.136 e. The molecule has 2 heterocycles. The molecule has 0 saturated carbocycles. The number of fused-ring (bicyclic) bond motifs is 6. The Balaban J connectivity index is 1.15. The fourth-order valence-corrected chi connectivity index (χ4v) is 9.51. The third-order valence-electron chi connectivity index (χ3n) is 11.1. The van der Waals surface area contributed by atoms with Crippen molar-refractivity contribution in [2.45, 2.75) is 0 Å². The van der Waals surface area contributed by atoms with Gasteiger partial charge in [-0.15, -0.1) is 11.3 Å². The lowest BCUT2D eigenvalue weighted by molar-refractivity contribution is 0.669. The average molecular weight is 746 g/mol. The van der Waals surface area contributed by atoms with E-state index >= 15 is 0 Å². The van der Waals surface area contributed by atoms with Crippen LogP contribution in [0.3, 0.4) is 0 Å². The molecule has 268 valence electrons. The van der Waals surface area contributed by atoms with Crippen LogP contribution in [0.1, 0.15) is 0 Å². The Morgan fingerprint density at radius 3 is 1.72 bits per heavy atom. The minimum atomic E-state index is 0.866. The van der Waals surface area contributed by atoms with Crippen molar-refractivity contribution in [3.8, 4) is 44.5 Å². The number of para-hydroxylation sites is 1. The van der Waals surface area contributed by atoms with E-state index in [4.69, 9.17) is 4.42 Å². The van der Waals surface area contributed by atoms with Gasteiger partial charge in [0.2, 0.25) is 0 Å². The van der Waals surface area contributed by atoms with Gasteiger partial charge in [-0.1, -0.05) is 152 Å². The highest BCUT2D eigenvalue weighted by molar-refractivity contribution is 7.25. The van der Waals surface area contributed by atoms with Crippen molar-refractivity contribution in [3.63, 3.8) is 0 Å². The maximum absolute atomic E-state index is 6.56. The molecule has 0 atom stereocenters. The Morgan fingerprint density at radius 2 is 0.912 bits per heavy atom. The van der Waals surface area contributed by atoms with Gasteiger partial charge in [-0.05, 0) is 99.6 Å². The lowest BCUT2D eigenvalue weighted by Gasteiger charge is -2.29. The fraction of sp³-hybridized carbons (Fsp3) is 0. The van der Waals surface area contributed by atoms with Crippen LogP contribution in [0.2, 0.25) is 0 Å². The van der Waals surface area contributed by atoms with Gasteiger partial charge in [0, 0.05) is 47.9 Å². The van der Waals surface area contributed by atoms with Gasteiger partial charge in [-0.3, -0.25) is 0 Å². The second kappa shape index (κ2) is 13.8. The summed E-state index contributed by atoms with van der Waals surface area (Å²) in [4.78, 5) is 2.42. The van der Waals surface area contributed by atoms with Gasteiger partial charge in [-0.25, -0.2) is 0 Å². The molecule has 0 unspecified atom stereocenters. The number of hydrogen-bond donors (Lipinski definition) is 0. The monoisotopic (exact) mass is 745 g/mol. The molecule has 2 aromatic heterocycles. The summed E-state index contributed by atoms with van der Waals surface area (Å²) in [6.45, 7) is 0. The molecular formula is C54H35NOS. The van der Waals surface area contributed by atoms with Crippen molar-refractivity contribution in [2.75, 3.05) is 4.90 Å². The van der Waals surface area contributed by atoms with Crippen molar-refractivity contribution in [2.24, 2.45) is 0 Å². The molecule has 0 fully saturated rings. The van der Waals surface area contributed by atoms with E-state index in [1.165, 1.54) is 53.6 Å². The number of benzene rings is 9. The van der Waals surface area contributed by atoms with Crippen LogP contribution in [0.15, 0.2) is 217 Å². The van der Waals surface area contributed by atoms with Crippen LogP contribution in [0, 0.1) is 0 Å². The predicted molar refractivity (Wildman–Crippen MR) is 243 cm³/mol. The molecule has 0 aliphatic carbocycles. The van der Waals surface area contributed by atoms with Gasteiger partial charge < -0.3 is 9.32 Å². The van der Waals surface area contributed by atoms with Gasteiger partial charge in [0.25, 0.3) is 0 Å². The summed E-state index contributed by atoms with van der Waals surface area (Å²) in [5.41, 5.74) is 14.3. The summed E-state index contributed by atoms with van der Waals surface area (Å²) in [6.07, 6.45) is 0. The molecular weight excluding hydrogens is 711 g/mol. The van der Waals surface area contributed by atoms with E-state index < -0.39 is 0 Å². The van der Waals surface area contributed by atoms with Crippen LogP contribution in [0.25, 0.3) is 86.6 Å². The van der Waals surface area contributed by atoms with Crippen LogP contribution in [0.4, 0.5) is 17.1 Å². The molecule has 9 aromatic carbocycles. The Hall–Kier alpha value is -7.20. The van der Waals surface area contributed by atoms with Gasteiger partial charge in [0.05, 0.1) is 5.69 Å². The summed E-state index contributed by atoms with van der Waals surface area (Å²) in [5, 5.41) is 4.82. The van der Waals surface area contributed by atoms with E-state index in [9.17, 15) is 0 Å². The zero-order chi connectivity index (χ0) is 37.7. The normalized spacial score (nSPS) is 11.5. The zero-order valence-electron chi connectivity index (χ0n) is 31.0. The first-order chi connectivity index (χ1) is 28.2. The van der Waals surface area contributed by atoms with Crippen molar-refractivity contribution in [3.05, 3.63) is 212 Å². The second-order valence-corrected chi connectivity index (χ2v) is 15.6. The molecule has 0 bridgehead atoms. The van der Waals surface area contributed by atoms with Crippen LogP contribution in [0.5, 0.6) is 0 Å². The summed E-state index contributed by atoms with van der Waals surface area (Å²) < 4.78 is 9.17. The van der Waals surface area contributed by atoms with E-state index in [2.05, 4.69) is 211 Å². The Kier molecular flexibility index (Phi) is 8.04. The predicted octanol–water partition coefficient (Wildman–Crippen LogP) is 16.1. The molecule has 0 amide bonds. The Morgan fingerprint density at radius 1 is 0.333 bits per heavy atom. The first kappa shape index (κ1) is 33.2. The molecule has 0 aliphatic heterocycles. The van der Waals surface area contributed by atoms with Crippen LogP contribution in [-0.4, -0.2) is 0 Å². The minimum Gasteiger partial charge on any atom is -0.456 e. The summed E-state index contributed by atoms with van der Waals surface area (Å²) in [6, 6.07) is 76.4. The van der Waals surface area contributed by atoms with Gasteiger partial charge >= 0.3 is 0 Å². The average Bonchev–Trinajstić information content (AvgIpc) is 3.86. The molecule has 0 spiro atoms. The largest absolute Gasteiger partial charge is 0.456 e. The molecule has 57 heavy (non-hydrogen) atoms. The number of anilines is 3. The minimum absolute atomic E-state index is 0.866. The fourth-order valence-electron chi connectivity index (χ4n) is 8.36. The molecule has 3 heteroatoms. The molecule has 11 aromatic rings. The molecule has 0 N–H and O–H groups in total. The lowest BCUT2D eigenvalue weighted by atomic mass is 9.93. The quantitative estimate of drug-likeness (QED) is 0.162. The second-order valence-electron chi connectivity index (χ2n) is 14.5. The standard InChI is InChI=1S/C54H35NOS/c1-3-13-36(14-4-1)38-25-28-43(29-26-38)55(44-20-12-18-40(34-44)41-27-30-46-45-21-8-10-24-51(45)57-52(46)35-41)48-31-32-50-54(47-22-7-9-23-49(47)56-50)53(48)42-19-11-17-39(33-42)37-15-5-2-6-16-37/h1-35H. The molecule has 0 radical (unpaired) electrons. The van der Waals surface area contributed by atoms with E-state index in [0.29, 0.717) is 0 Å². The maximum atomic E-state index is 6.56. The Labute approximate surface area is 335 Å². The molecule has 11 rings (SSSR count). The first-order valence-corrected chi connectivity index (χ1v) is 20.1. The number of rotatable bonds is 7. The van der Waals surface area contributed by atoms with Gasteiger partial charge in [0.1, 0.15) is 11.2 Å². The number of nitrogens with zero attached hydrogens (tertiary/aromatic N) is 1. The van der Waals surface area contributed by atoms with E-state index in [-0.39, 0.29) is 0 Å². The van der Waals surface area contributed by atoms with Crippen molar-refractivity contribution in [1.29, 1.82) is 0 Å². The number of thiophene rings is 1. The van der Waals surface area contributed by atoms with Crippen molar-refractivity contribution >= 4 is 70.5 Å². The smallest absolute Gasteiger partial charge is 0.136 e. The SMILES string of the molecule is c1ccc(-c2ccc(N(c3cccc(-c4ccc5c(c4)sc4ccccc45)c3)c3ccc4oc5ccccc5c4c3-c3cccc(-c4ccccc4)c3)cc2)cc1. The number of furan rings is 1. The lowest BCUT2D eigenvalue weighted by Crippen LogP contribution is -2.11. The molecule has 0 aliphatic rings. The molecule has 0 saturated heterocycles. The summed E-state index contributed by atoms with van der Waals surface area (Å²) >= 11 is 1.86. The highest BCUT2D eigenvalue weighted by Crippen LogP contribution is 2.48. The van der Waals surface area contributed by atoms with E-state index in [1.807, 2.05) is 17.4 Å². The number of hydrogen-bond acceptors (Lipinski definition) is 3. The highest BCUT2D eigenvalue weighted by atomic mass is 32.1. The third kappa shape index (κ3) is 5.88. The first-order valence-electron chi connectivity index (χ1n) is 19.3.